The lowest BCUT2D eigenvalue weighted by Crippen LogP contribution is -2.00. The molecule has 0 saturated carbocycles. The predicted octanol–water partition coefficient (Wildman–Crippen LogP) is 12.0. The van der Waals surface area contributed by atoms with Crippen LogP contribution >= 0.6 is 11.3 Å². The summed E-state index contributed by atoms with van der Waals surface area (Å²) in [6.07, 6.45) is 0. The smallest absolute Gasteiger partial charge is 0.164 e. The Morgan fingerprint density at radius 1 is 0.417 bits per heavy atom. The molecular formula is C43H25N3OS. The first kappa shape index (κ1) is 27.0. The lowest BCUT2D eigenvalue weighted by atomic mass is 10.0. The Morgan fingerprint density at radius 2 is 1.08 bits per heavy atom. The number of nitrogens with zero attached hydrogens (tertiary/aromatic N) is 3. The van der Waals surface area contributed by atoms with Crippen LogP contribution in [-0.4, -0.2) is 15.0 Å². The Balaban J connectivity index is 1.20. The third-order valence-electron chi connectivity index (χ3n) is 9.15. The van der Waals surface area contributed by atoms with Gasteiger partial charge in [-0.2, -0.15) is 0 Å². The normalized spacial score (nSPS) is 11.8. The van der Waals surface area contributed by atoms with Gasteiger partial charge in [-0.3, -0.25) is 0 Å². The van der Waals surface area contributed by atoms with Crippen molar-refractivity contribution < 1.29 is 4.42 Å². The average molecular weight is 632 g/mol. The molecule has 0 unspecified atom stereocenters. The van der Waals surface area contributed by atoms with Gasteiger partial charge in [0.15, 0.2) is 17.5 Å². The van der Waals surface area contributed by atoms with Crippen molar-refractivity contribution in [2.24, 2.45) is 0 Å². The van der Waals surface area contributed by atoms with Crippen molar-refractivity contribution in [1.82, 2.24) is 15.0 Å². The molecule has 0 bridgehead atoms. The Bertz CT molecular complexity index is 2830. The van der Waals surface area contributed by atoms with Crippen LogP contribution in [0.4, 0.5) is 0 Å². The highest BCUT2D eigenvalue weighted by atomic mass is 32.1. The zero-order chi connectivity index (χ0) is 31.6. The molecule has 3 heterocycles. The Kier molecular flexibility index (Phi) is 6.01. The summed E-state index contributed by atoms with van der Waals surface area (Å²) in [6.45, 7) is 0. The molecule has 0 aliphatic heterocycles. The number of aromatic nitrogens is 3. The summed E-state index contributed by atoms with van der Waals surface area (Å²) in [7, 11) is 0. The van der Waals surface area contributed by atoms with E-state index in [0.29, 0.717) is 17.5 Å². The van der Waals surface area contributed by atoms with Gasteiger partial charge in [-0.05, 0) is 52.9 Å². The maximum absolute atomic E-state index is 6.52. The number of hydrogen-bond donors (Lipinski definition) is 0. The monoisotopic (exact) mass is 631 g/mol. The number of rotatable bonds is 4. The van der Waals surface area contributed by atoms with Gasteiger partial charge in [-0.25, -0.2) is 15.0 Å². The van der Waals surface area contributed by atoms with E-state index in [4.69, 9.17) is 19.4 Å². The third kappa shape index (κ3) is 4.33. The molecule has 224 valence electrons. The minimum atomic E-state index is 0.610. The maximum atomic E-state index is 6.52. The molecule has 0 spiro atoms. The molecule has 10 aromatic rings. The van der Waals surface area contributed by atoms with Crippen LogP contribution in [0.3, 0.4) is 0 Å². The molecule has 5 heteroatoms. The fourth-order valence-corrected chi connectivity index (χ4v) is 7.89. The fraction of sp³-hybridized carbons (Fsp3) is 0. The second-order valence-electron chi connectivity index (χ2n) is 12.0. The van der Waals surface area contributed by atoms with Crippen molar-refractivity contribution in [2.45, 2.75) is 0 Å². The second kappa shape index (κ2) is 10.7. The van der Waals surface area contributed by atoms with Gasteiger partial charge in [-0.15, -0.1) is 11.3 Å². The van der Waals surface area contributed by atoms with Crippen LogP contribution in [0.25, 0.3) is 98.2 Å². The van der Waals surface area contributed by atoms with E-state index in [2.05, 4.69) is 133 Å². The van der Waals surface area contributed by atoms with E-state index in [1.54, 1.807) is 11.3 Å². The molecule has 0 aliphatic rings. The van der Waals surface area contributed by atoms with Crippen LogP contribution in [-0.2, 0) is 0 Å². The highest BCUT2D eigenvalue weighted by Crippen LogP contribution is 2.40. The van der Waals surface area contributed by atoms with Crippen LogP contribution < -0.4 is 0 Å². The molecule has 0 N–H and O–H groups in total. The number of hydrogen-bond acceptors (Lipinski definition) is 5. The highest BCUT2D eigenvalue weighted by molar-refractivity contribution is 7.25. The summed E-state index contributed by atoms with van der Waals surface area (Å²) in [4.78, 5) is 15.4. The van der Waals surface area contributed by atoms with Gasteiger partial charge in [0.2, 0.25) is 0 Å². The molecule has 0 fully saturated rings. The average Bonchev–Trinajstić information content (AvgIpc) is 3.73. The Morgan fingerprint density at radius 3 is 1.96 bits per heavy atom. The first-order chi connectivity index (χ1) is 23.8. The number of benzene rings is 7. The fourth-order valence-electron chi connectivity index (χ4n) is 6.80. The first-order valence-electron chi connectivity index (χ1n) is 15.9. The summed E-state index contributed by atoms with van der Waals surface area (Å²) in [5, 5.41) is 6.72. The standard InChI is InChI=1S/C43H25N3OS/c1-2-9-26(10-3-1)27-17-19-29(20-18-27)41-44-42(30-22-24-38-35(25-30)32-13-6-7-16-37(32)48-38)46-43(45-41)34-14-8-15-36-39(34)33-23-21-28-11-4-5-12-31(28)40(33)47-36/h1-25H. The van der Waals surface area contributed by atoms with Crippen LogP contribution in [0, 0.1) is 0 Å². The summed E-state index contributed by atoms with van der Waals surface area (Å²) in [6, 6.07) is 52.7. The van der Waals surface area contributed by atoms with Gasteiger partial charge < -0.3 is 4.42 Å². The molecule has 0 saturated heterocycles. The molecule has 10 rings (SSSR count). The summed E-state index contributed by atoms with van der Waals surface area (Å²) in [5.41, 5.74) is 6.78. The molecule has 0 atom stereocenters. The maximum Gasteiger partial charge on any atom is 0.164 e. The van der Waals surface area contributed by atoms with Crippen molar-refractivity contribution in [3.63, 3.8) is 0 Å². The van der Waals surface area contributed by atoms with Crippen LogP contribution in [0.15, 0.2) is 156 Å². The van der Waals surface area contributed by atoms with E-state index >= 15 is 0 Å². The molecule has 0 radical (unpaired) electrons. The van der Waals surface area contributed by atoms with Crippen LogP contribution in [0.5, 0.6) is 0 Å². The van der Waals surface area contributed by atoms with E-state index in [1.165, 1.54) is 25.7 Å². The minimum absolute atomic E-state index is 0.610. The zero-order valence-corrected chi connectivity index (χ0v) is 26.4. The molecule has 48 heavy (non-hydrogen) atoms. The summed E-state index contributed by atoms with van der Waals surface area (Å²) < 4.78 is 9.04. The van der Waals surface area contributed by atoms with E-state index < -0.39 is 0 Å². The lowest BCUT2D eigenvalue weighted by Gasteiger charge is -2.10. The molecule has 0 aliphatic carbocycles. The van der Waals surface area contributed by atoms with Crippen LogP contribution in [0.2, 0.25) is 0 Å². The molecule has 7 aromatic carbocycles. The second-order valence-corrected chi connectivity index (χ2v) is 13.1. The van der Waals surface area contributed by atoms with Crippen molar-refractivity contribution in [1.29, 1.82) is 0 Å². The van der Waals surface area contributed by atoms with Crippen molar-refractivity contribution >= 4 is 64.2 Å². The van der Waals surface area contributed by atoms with Gasteiger partial charge >= 0.3 is 0 Å². The van der Waals surface area contributed by atoms with Crippen LogP contribution in [0.1, 0.15) is 0 Å². The van der Waals surface area contributed by atoms with Crippen molar-refractivity contribution in [2.75, 3.05) is 0 Å². The van der Waals surface area contributed by atoms with Gasteiger partial charge in [0, 0.05) is 53.0 Å². The Labute approximate surface area is 279 Å². The van der Waals surface area contributed by atoms with Gasteiger partial charge in [-0.1, -0.05) is 115 Å². The number of fused-ring (bicyclic) bond motifs is 8. The summed E-state index contributed by atoms with van der Waals surface area (Å²) >= 11 is 1.81. The molecule has 4 nitrogen and oxygen atoms in total. The van der Waals surface area contributed by atoms with Gasteiger partial charge in [0.1, 0.15) is 11.2 Å². The lowest BCUT2D eigenvalue weighted by molar-refractivity contribution is 0.672. The SMILES string of the molecule is c1ccc(-c2ccc(-c3nc(-c4ccc5sc6ccccc6c5c4)nc(-c4cccc5oc6c7ccccc7ccc6c45)n3)cc2)cc1. The highest BCUT2D eigenvalue weighted by Gasteiger charge is 2.19. The first-order valence-corrected chi connectivity index (χ1v) is 16.8. The van der Waals surface area contributed by atoms with E-state index in [9.17, 15) is 0 Å². The van der Waals surface area contributed by atoms with Gasteiger partial charge in [0.25, 0.3) is 0 Å². The third-order valence-corrected chi connectivity index (χ3v) is 10.3. The number of furan rings is 1. The predicted molar refractivity (Wildman–Crippen MR) is 199 cm³/mol. The quantitative estimate of drug-likeness (QED) is 0.194. The van der Waals surface area contributed by atoms with E-state index in [1.807, 2.05) is 18.2 Å². The summed E-state index contributed by atoms with van der Waals surface area (Å²) in [5.74, 6) is 1.87. The number of thiophene rings is 1. The van der Waals surface area contributed by atoms with Gasteiger partial charge in [0.05, 0.1) is 0 Å². The largest absolute Gasteiger partial charge is 0.455 e. The molecular weight excluding hydrogens is 607 g/mol. The topological polar surface area (TPSA) is 51.8 Å². The molecule has 0 amide bonds. The van der Waals surface area contributed by atoms with E-state index in [-0.39, 0.29) is 0 Å². The van der Waals surface area contributed by atoms with Crippen molar-refractivity contribution in [3.05, 3.63) is 152 Å². The zero-order valence-electron chi connectivity index (χ0n) is 25.6. The Hall–Kier alpha value is -6.17. The van der Waals surface area contributed by atoms with Crippen molar-refractivity contribution in [3.8, 4) is 45.3 Å². The molecule has 3 aromatic heterocycles. The minimum Gasteiger partial charge on any atom is -0.455 e. The van der Waals surface area contributed by atoms with E-state index in [0.717, 1.165) is 55.0 Å².